The monoisotopic (exact) mass is 1150 g/mol. The maximum Gasteiger partial charge on any atom is 1.00 e. The summed E-state index contributed by atoms with van der Waals surface area (Å²) >= 11 is 0. The van der Waals surface area contributed by atoms with E-state index in [4.69, 9.17) is 17.2 Å². The predicted molar refractivity (Wildman–Crippen MR) is 298 cm³/mol. The van der Waals surface area contributed by atoms with E-state index in [9.17, 15) is 0 Å². The van der Waals surface area contributed by atoms with Gasteiger partial charge in [-0.2, -0.15) is 19.6 Å². The first-order chi connectivity index (χ1) is 31.1. The second-order valence-electron chi connectivity index (χ2n) is 17.8. The van der Waals surface area contributed by atoms with Crippen molar-refractivity contribution in [1.29, 1.82) is 0 Å². The Kier molecular flexibility index (Phi) is 56.7. The van der Waals surface area contributed by atoms with E-state index in [1.54, 1.807) is 20.8 Å². The molecule has 9 saturated heterocycles. The molecule has 9 aliphatic heterocycles. The molecule has 0 saturated carbocycles. The molecule has 6 bridgehead atoms. The number of nitrogens with zero attached hydrogens (tertiary/aromatic N) is 3. The number of nitrogens with one attached hydrogen (secondary N) is 6. The van der Waals surface area contributed by atoms with Crippen molar-refractivity contribution < 1.29 is 175 Å². The van der Waals surface area contributed by atoms with Gasteiger partial charge in [0.05, 0.1) is 0 Å². The molecule has 0 spiro atoms. The summed E-state index contributed by atoms with van der Waals surface area (Å²) in [6.45, 7) is 37.2. The van der Waals surface area contributed by atoms with Gasteiger partial charge in [-0.3, -0.25) is 0 Å². The number of fused-ring (bicyclic) bond motifs is 9. The Labute approximate surface area is 569 Å². The van der Waals surface area contributed by atoms with Crippen LogP contribution in [0.15, 0.2) is 91.0 Å². The van der Waals surface area contributed by atoms with E-state index in [0.717, 1.165) is 31.0 Å². The van der Waals surface area contributed by atoms with E-state index in [1.165, 1.54) is 114 Å². The molecule has 68 heavy (non-hydrogen) atoms. The van der Waals surface area contributed by atoms with Crippen LogP contribution in [0.3, 0.4) is 0 Å². The zero-order valence-corrected chi connectivity index (χ0v) is 60.6. The van der Waals surface area contributed by atoms with Crippen molar-refractivity contribution >= 4 is 30.3 Å². The molecular weight excluding hydrogens is 1050 g/mol. The van der Waals surface area contributed by atoms with Crippen LogP contribution in [-0.4, -0.2) is 125 Å². The predicted octanol–water partition coefficient (Wildman–Crippen LogP) is 5.03. The summed E-state index contributed by atoms with van der Waals surface area (Å²) < 4.78 is 0. The Morgan fingerprint density at radius 1 is 0.412 bits per heavy atom. The molecule has 9 aliphatic rings. The minimum Gasteiger partial charge on any atom is -0.678 e. The van der Waals surface area contributed by atoms with Crippen LogP contribution < -0.4 is 191 Å². The van der Waals surface area contributed by atoms with E-state index in [0.29, 0.717) is 37.8 Å². The topological polar surface area (TPSA) is 117 Å². The van der Waals surface area contributed by atoms with Crippen molar-refractivity contribution in [1.82, 2.24) is 14.7 Å². The molecule has 3 aromatic rings. The number of anilines is 3. The number of rotatable bonds is 7. The quantitative estimate of drug-likeness (QED) is 0.287. The van der Waals surface area contributed by atoms with Crippen molar-refractivity contribution in [3.8, 4) is 0 Å². The van der Waals surface area contributed by atoms with Crippen LogP contribution in [0.5, 0.6) is 0 Å². The molecule has 12 rings (SSSR count). The molecular formula is C54H100B2N9Rb3. The molecule has 0 aromatic heterocycles. The van der Waals surface area contributed by atoms with Gasteiger partial charge in [0, 0.05) is 54.8 Å². The van der Waals surface area contributed by atoms with Gasteiger partial charge < -0.3 is 47.9 Å². The third-order valence-electron chi connectivity index (χ3n) is 12.7. The summed E-state index contributed by atoms with van der Waals surface area (Å²) in [7, 11) is 0. The van der Waals surface area contributed by atoms with Crippen molar-refractivity contribution in [2.24, 2.45) is 17.8 Å². The Balaban J connectivity index is -0.000000373. The fourth-order valence-electron chi connectivity index (χ4n) is 8.63. The van der Waals surface area contributed by atoms with Gasteiger partial charge in [0.15, 0.2) is 0 Å². The zero-order chi connectivity index (χ0) is 47.5. The number of benzene rings is 3. The third kappa shape index (κ3) is 33.4. The van der Waals surface area contributed by atoms with Crippen LogP contribution >= 0.6 is 0 Å². The van der Waals surface area contributed by atoms with Crippen LogP contribution in [-0.2, 0) is 0 Å². The van der Waals surface area contributed by atoms with Crippen LogP contribution in [0.1, 0.15) is 94.4 Å². The number of hydrogen-bond donors (Lipinski definition) is 3. The second kappa shape index (κ2) is 50.2. The Morgan fingerprint density at radius 3 is 0.721 bits per heavy atom. The van der Waals surface area contributed by atoms with Gasteiger partial charge >= 0.3 is 175 Å². The Hall–Kier alpha value is 2.37. The molecule has 14 heteroatoms. The molecule has 9 heterocycles. The molecule has 0 aliphatic carbocycles. The molecule has 9 nitrogen and oxygen atoms in total. The summed E-state index contributed by atoms with van der Waals surface area (Å²) in [4.78, 5) is 7.75. The van der Waals surface area contributed by atoms with Gasteiger partial charge in [0.2, 0.25) is 0 Å². The molecule has 0 amide bonds. The molecule has 0 radical (unpaired) electrons. The SMILES string of the molecule is C.CB(C)B(C)C.CC.CC.CC[NH-].CC[NH-].CC[NH-].[Rb+].[Rb+].[Rb+].c1ccc(N[C@H]2CN3CCC2CC3)cc1.c1ccc(N[C@H]2CN3CCC2CC3)cc1.c1ccc(N[C@H]2CN3CCC2CC3)cc1. The average Bonchev–Trinajstić information content (AvgIpc) is 3.34. The molecule has 3 aromatic carbocycles. The van der Waals surface area contributed by atoms with Crippen molar-refractivity contribution in [3.05, 3.63) is 108 Å². The standard InChI is InChI=1S/3C13H18N2.C4H12B2.3C2H6N.2C2H6.CH4.3Rb/c3*1-2-4-12(5-3-1)14-13-10-15-8-6-11(13)7-9-15;1-5(2)6(3)4;3*1-2-3;2*1-2;;;;/h3*1-5,11,13-14H,6-10H2;1-4H3;3*3H,2H2,1H3;2*1-2H3;1H4;;;/q;;;;3*-1;;;;3*+1/t3*13-;;;;;;;;;;/m000........../s1. The summed E-state index contributed by atoms with van der Waals surface area (Å²) in [5.41, 5.74) is 22.4. The largest absolute Gasteiger partial charge is 1.00 e. The molecule has 6 N–H and O–H groups in total. The van der Waals surface area contributed by atoms with Crippen LogP contribution in [0.25, 0.3) is 17.2 Å². The molecule has 0 unspecified atom stereocenters. The fraction of sp³-hybridized carbons (Fsp3) is 0.667. The summed E-state index contributed by atoms with van der Waals surface area (Å²) in [6, 6.07) is 33.8. The van der Waals surface area contributed by atoms with E-state index in [2.05, 4.69) is 149 Å². The number of para-hydroxylation sites is 3. The fourth-order valence-corrected chi connectivity index (χ4v) is 8.63. The number of piperidine rings is 9. The summed E-state index contributed by atoms with van der Waals surface area (Å²) in [5.74, 6) is 2.70. The minimum absolute atomic E-state index is 0. The first-order valence-corrected chi connectivity index (χ1v) is 25.7. The van der Waals surface area contributed by atoms with Gasteiger partial charge in [-0.25, -0.2) is 0 Å². The first-order valence-electron chi connectivity index (χ1n) is 25.7. The van der Waals surface area contributed by atoms with Crippen molar-refractivity contribution in [2.75, 3.05) is 94.5 Å². The average molecular weight is 1150 g/mol. The maximum atomic E-state index is 6.21. The summed E-state index contributed by atoms with van der Waals surface area (Å²) in [5, 5.41) is 11.0. The normalized spacial score (nSPS) is 24.2. The van der Waals surface area contributed by atoms with E-state index < -0.39 is 0 Å². The van der Waals surface area contributed by atoms with Crippen LogP contribution in [0.4, 0.5) is 17.1 Å². The Bertz CT molecular complexity index is 1280. The Morgan fingerprint density at radius 2 is 0.588 bits per heavy atom. The van der Waals surface area contributed by atoms with Crippen molar-refractivity contribution in [2.45, 2.75) is 140 Å². The summed E-state index contributed by atoms with van der Waals surface area (Å²) in [6.07, 6.45) is 8.28. The maximum absolute atomic E-state index is 6.21. The zero-order valence-electron chi connectivity index (χ0n) is 45.8. The van der Waals surface area contributed by atoms with E-state index in [1.807, 2.05) is 27.7 Å². The van der Waals surface area contributed by atoms with Gasteiger partial charge in [0.25, 0.3) is 0 Å². The minimum atomic E-state index is 0. The van der Waals surface area contributed by atoms with Crippen LogP contribution in [0, 0.1) is 17.8 Å². The van der Waals surface area contributed by atoms with Gasteiger partial charge in [-0.15, -0.1) is 0 Å². The van der Waals surface area contributed by atoms with Gasteiger partial charge in [0.1, 0.15) is 13.2 Å². The first kappa shape index (κ1) is 76.9. The van der Waals surface area contributed by atoms with E-state index >= 15 is 0 Å². The molecule has 3 atom stereocenters. The van der Waals surface area contributed by atoms with Gasteiger partial charge in [-0.05, 0) is 132 Å². The molecule has 9 fully saturated rings. The van der Waals surface area contributed by atoms with Gasteiger partial charge in [-0.1, -0.05) is 138 Å². The third-order valence-corrected chi connectivity index (χ3v) is 12.7. The number of hydrogen-bond acceptors (Lipinski definition) is 6. The van der Waals surface area contributed by atoms with E-state index in [-0.39, 0.29) is 182 Å². The van der Waals surface area contributed by atoms with Crippen molar-refractivity contribution in [3.63, 3.8) is 0 Å². The smallest absolute Gasteiger partial charge is 0.678 e. The molecule has 370 valence electrons. The van der Waals surface area contributed by atoms with Crippen LogP contribution in [0.2, 0.25) is 27.3 Å². The second-order valence-corrected chi connectivity index (χ2v) is 17.8.